The number of amides is 1. The van der Waals surface area contributed by atoms with Crippen LogP contribution in [-0.4, -0.2) is 52.3 Å². The zero-order valence-electron chi connectivity index (χ0n) is 15.9. The maximum atomic E-state index is 12.0. The number of esters is 2. The molecule has 27 heavy (non-hydrogen) atoms. The average molecular weight is 399 g/mol. The maximum Gasteiger partial charge on any atom is 0.338 e. The van der Waals surface area contributed by atoms with Crippen LogP contribution in [0.25, 0.3) is 0 Å². The van der Waals surface area contributed by atoms with Gasteiger partial charge in [0.25, 0.3) is 5.91 Å². The summed E-state index contributed by atoms with van der Waals surface area (Å²) in [5.41, 5.74) is 0.729. The Balaban J connectivity index is 2.62. The molecule has 0 saturated carbocycles. The zero-order valence-corrected chi connectivity index (χ0v) is 16.7. The molecule has 1 aromatic carbocycles. The van der Waals surface area contributed by atoms with Crippen LogP contribution in [0.5, 0.6) is 0 Å². The Kier molecular flexibility index (Phi) is 8.42. The van der Waals surface area contributed by atoms with Gasteiger partial charge in [-0.2, -0.15) is 0 Å². The first kappa shape index (κ1) is 22.6. The van der Waals surface area contributed by atoms with Crippen LogP contribution in [0.15, 0.2) is 24.3 Å². The highest BCUT2D eigenvalue weighted by atomic mass is 32.2. The lowest BCUT2D eigenvalue weighted by atomic mass is 9.99. The number of benzene rings is 1. The molecule has 1 aromatic rings. The summed E-state index contributed by atoms with van der Waals surface area (Å²) in [6.07, 6.45) is 1.77. The fraction of sp³-hybridized carbons (Fsp3) is 0.500. The van der Waals surface area contributed by atoms with Gasteiger partial charge in [-0.05, 0) is 23.6 Å². The van der Waals surface area contributed by atoms with Crippen molar-refractivity contribution in [1.29, 1.82) is 0 Å². The first-order valence-electron chi connectivity index (χ1n) is 8.38. The van der Waals surface area contributed by atoms with E-state index in [4.69, 9.17) is 4.74 Å². The normalized spacial score (nSPS) is 13.3. The molecule has 0 saturated heterocycles. The number of ether oxygens (including phenoxy) is 2. The van der Waals surface area contributed by atoms with E-state index in [1.54, 1.807) is 6.92 Å². The van der Waals surface area contributed by atoms with Gasteiger partial charge in [0.15, 0.2) is 16.4 Å². The van der Waals surface area contributed by atoms with Gasteiger partial charge in [-0.1, -0.05) is 32.4 Å². The SMILES string of the molecule is CC[C@@H](C)[C@@H](NC(=O)COC(=O)c1ccc(CS(C)(=O)=O)cc1)C(=O)OC. The molecule has 0 aromatic heterocycles. The Labute approximate surface area is 159 Å². The quantitative estimate of drug-likeness (QED) is 0.618. The highest BCUT2D eigenvalue weighted by Gasteiger charge is 2.27. The Hall–Kier alpha value is -2.42. The van der Waals surface area contributed by atoms with E-state index in [0.717, 1.165) is 6.26 Å². The van der Waals surface area contributed by atoms with Crippen molar-refractivity contribution in [2.24, 2.45) is 5.92 Å². The molecular weight excluding hydrogens is 374 g/mol. The lowest BCUT2D eigenvalue weighted by Gasteiger charge is -2.21. The van der Waals surface area contributed by atoms with E-state index in [9.17, 15) is 22.8 Å². The number of methoxy groups -OCH3 is 1. The van der Waals surface area contributed by atoms with Crippen molar-refractivity contribution < 1.29 is 32.3 Å². The van der Waals surface area contributed by atoms with E-state index >= 15 is 0 Å². The summed E-state index contributed by atoms with van der Waals surface area (Å²) < 4.78 is 32.1. The van der Waals surface area contributed by atoms with E-state index in [2.05, 4.69) is 10.1 Å². The Bertz CT molecular complexity index is 771. The Morgan fingerprint density at radius 3 is 2.22 bits per heavy atom. The van der Waals surface area contributed by atoms with Gasteiger partial charge in [-0.15, -0.1) is 0 Å². The zero-order chi connectivity index (χ0) is 20.6. The average Bonchev–Trinajstić information content (AvgIpc) is 2.62. The molecule has 150 valence electrons. The van der Waals surface area contributed by atoms with Gasteiger partial charge < -0.3 is 14.8 Å². The highest BCUT2D eigenvalue weighted by molar-refractivity contribution is 7.89. The number of carbonyl (C=O) groups is 3. The standard InChI is InChI=1S/C18H25NO7S/c1-5-12(2)16(18(22)25-3)19-15(20)10-26-17(21)14-8-6-13(7-9-14)11-27(4,23)24/h6-9,12,16H,5,10-11H2,1-4H3,(H,19,20)/t12-,16-/m1/s1. The van der Waals surface area contributed by atoms with Crippen LogP contribution < -0.4 is 5.32 Å². The molecule has 0 heterocycles. The van der Waals surface area contributed by atoms with Crippen LogP contribution in [0.3, 0.4) is 0 Å². The molecule has 0 aliphatic carbocycles. The minimum absolute atomic E-state index is 0.130. The lowest BCUT2D eigenvalue weighted by Crippen LogP contribution is -2.47. The molecule has 2 atom stereocenters. The molecule has 0 radical (unpaired) electrons. The van der Waals surface area contributed by atoms with Gasteiger partial charge >= 0.3 is 11.9 Å². The summed E-state index contributed by atoms with van der Waals surface area (Å²) in [5, 5.41) is 2.50. The topological polar surface area (TPSA) is 116 Å². The molecule has 0 spiro atoms. The number of carbonyl (C=O) groups excluding carboxylic acids is 3. The van der Waals surface area contributed by atoms with Crippen LogP contribution in [0.4, 0.5) is 0 Å². The van der Waals surface area contributed by atoms with Crippen molar-refractivity contribution in [1.82, 2.24) is 5.32 Å². The highest BCUT2D eigenvalue weighted by Crippen LogP contribution is 2.10. The lowest BCUT2D eigenvalue weighted by molar-refractivity contribution is -0.147. The predicted molar refractivity (Wildman–Crippen MR) is 98.7 cm³/mol. The second-order valence-electron chi connectivity index (χ2n) is 6.30. The summed E-state index contributed by atoms with van der Waals surface area (Å²) in [5.74, 6) is -2.18. The summed E-state index contributed by atoms with van der Waals surface area (Å²) in [6, 6.07) is 5.05. The third kappa shape index (κ3) is 7.78. The van der Waals surface area contributed by atoms with Crippen LogP contribution in [0.1, 0.15) is 36.2 Å². The molecule has 0 aliphatic heterocycles. The maximum absolute atomic E-state index is 12.0. The second-order valence-corrected chi connectivity index (χ2v) is 8.44. The van der Waals surface area contributed by atoms with Crippen molar-refractivity contribution in [3.05, 3.63) is 35.4 Å². The number of hydrogen-bond acceptors (Lipinski definition) is 7. The fourth-order valence-corrected chi connectivity index (χ4v) is 3.06. The minimum atomic E-state index is -3.17. The Morgan fingerprint density at radius 1 is 1.15 bits per heavy atom. The molecular formula is C18H25NO7S. The number of hydrogen-bond donors (Lipinski definition) is 1. The van der Waals surface area contributed by atoms with Gasteiger partial charge in [-0.3, -0.25) is 4.79 Å². The number of rotatable bonds is 9. The smallest absolute Gasteiger partial charge is 0.338 e. The summed E-state index contributed by atoms with van der Waals surface area (Å²) >= 11 is 0. The van der Waals surface area contributed by atoms with E-state index in [-0.39, 0.29) is 17.2 Å². The summed E-state index contributed by atoms with van der Waals surface area (Å²) in [7, 11) is -1.94. The molecule has 0 bridgehead atoms. The van der Waals surface area contributed by atoms with Crippen molar-refractivity contribution in [2.45, 2.75) is 32.1 Å². The van der Waals surface area contributed by atoms with Gasteiger partial charge in [0, 0.05) is 6.26 Å². The molecule has 0 fully saturated rings. The second kappa shape index (κ2) is 10.1. The van der Waals surface area contributed by atoms with Crippen LogP contribution in [-0.2, 0) is 34.7 Å². The molecule has 1 amide bonds. The van der Waals surface area contributed by atoms with Crippen molar-refractivity contribution in [3.63, 3.8) is 0 Å². The Morgan fingerprint density at radius 2 is 1.74 bits per heavy atom. The molecule has 1 N–H and O–H groups in total. The third-order valence-electron chi connectivity index (χ3n) is 3.94. The number of nitrogens with one attached hydrogen (secondary N) is 1. The van der Waals surface area contributed by atoms with E-state index in [0.29, 0.717) is 12.0 Å². The van der Waals surface area contributed by atoms with Crippen molar-refractivity contribution in [2.75, 3.05) is 20.0 Å². The van der Waals surface area contributed by atoms with Crippen LogP contribution in [0, 0.1) is 5.92 Å². The van der Waals surface area contributed by atoms with E-state index in [1.165, 1.54) is 31.4 Å². The van der Waals surface area contributed by atoms with Crippen LogP contribution >= 0.6 is 0 Å². The van der Waals surface area contributed by atoms with Gasteiger partial charge in [0.2, 0.25) is 0 Å². The van der Waals surface area contributed by atoms with Gasteiger partial charge in [-0.25, -0.2) is 18.0 Å². The first-order chi connectivity index (χ1) is 12.6. The molecule has 8 nitrogen and oxygen atoms in total. The van der Waals surface area contributed by atoms with Crippen molar-refractivity contribution in [3.8, 4) is 0 Å². The van der Waals surface area contributed by atoms with Crippen LogP contribution in [0.2, 0.25) is 0 Å². The fourth-order valence-electron chi connectivity index (χ4n) is 2.27. The molecule has 0 unspecified atom stereocenters. The first-order valence-corrected chi connectivity index (χ1v) is 10.4. The van der Waals surface area contributed by atoms with Crippen molar-refractivity contribution >= 4 is 27.7 Å². The summed E-state index contributed by atoms with van der Waals surface area (Å²) in [6.45, 7) is 3.13. The minimum Gasteiger partial charge on any atom is -0.467 e. The number of sulfone groups is 1. The monoisotopic (exact) mass is 399 g/mol. The van der Waals surface area contributed by atoms with Gasteiger partial charge in [0.05, 0.1) is 18.4 Å². The van der Waals surface area contributed by atoms with E-state index in [1.807, 2.05) is 6.92 Å². The van der Waals surface area contributed by atoms with E-state index < -0.39 is 40.3 Å². The third-order valence-corrected chi connectivity index (χ3v) is 4.80. The van der Waals surface area contributed by atoms with Gasteiger partial charge in [0.1, 0.15) is 6.04 Å². The molecule has 1 rings (SSSR count). The molecule has 9 heteroatoms. The summed E-state index contributed by atoms with van der Waals surface area (Å²) in [4.78, 5) is 35.7. The molecule has 0 aliphatic rings. The largest absolute Gasteiger partial charge is 0.467 e. The predicted octanol–water partition coefficient (Wildman–Crippen LogP) is 1.09.